The number of carboxylic acids is 1. The molecule has 0 bridgehead atoms. The highest BCUT2D eigenvalue weighted by Crippen LogP contribution is 2.30. The third-order valence-corrected chi connectivity index (χ3v) is 5.92. The topological polar surface area (TPSA) is 104 Å². The van der Waals surface area contributed by atoms with Crippen molar-refractivity contribution in [2.24, 2.45) is 5.10 Å². The van der Waals surface area contributed by atoms with Crippen LogP contribution in [0.25, 0.3) is 5.69 Å². The molecule has 0 unspecified atom stereocenters. The molecule has 0 aliphatic carbocycles. The Bertz CT molecular complexity index is 1340. The van der Waals surface area contributed by atoms with E-state index in [-0.39, 0.29) is 5.56 Å². The van der Waals surface area contributed by atoms with Crippen molar-refractivity contribution in [3.05, 3.63) is 125 Å². The van der Waals surface area contributed by atoms with Gasteiger partial charge in [-0.25, -0.2) is 10.2 Å². The summed E-state index contributed by atoms with van der Waals surface area (Å²) in [7, 11) is 0. The van der Waals surface area contributed by atoms with Crippen LogP contribution >= 0.6 is 0 Å². The number of aryl methyl sites for hydroxylation is 1. The Morgan fingerprint density at radius 3 is 1.94 bits per heavy atom. The van der Waals surface area contributed by atoms with Crippen molar-refractivity contribution in [2.45, 2.75) is 19.4 Å². The van der Waals surface area contributed by atoms with Crippen molar-refractivity contribution in [1.82, 2.24) is 9.99 Å². The van der Waals surface area contributed by atoms with Gasteiger partial charge in [0.25, 0.3) is 5.91 Å². The van der Waals surface area contributed by atoms with Gasteiger partial charge in [0.05, 0.1) is 11.8 Å². The average Bonchev–Trinajstić information content (AvgIpc) is 3.17. The number of aromatic nitrogens is 1. The van der Waals surface area contributed by atoms with Crippen LogP contribution in [0.1, 0.15) is 38.4 Å². The van der Waals surface area contributed by atoms with Crippen LogP contribution in [0.15, 0.2) is 96.1 Å². The standard InChI is InChI=1S/C28H25N3O4/c1-19-17-22(20(2)31(19)25-15-13-21(14-16-25)26(32)33)18-29-30-27(34)28(35,23-9-5-3-6-10-23)24-11-7-4-8-12-24/h3-18,35H,1-2H3,(H,30,34)(H,32,33)/b29-18-. The minimum absolute atomic E-state index is 0.213. The number of benzene rings is 3. The third kappa shape index (κ3) is 4.62. The van der Waals surface area contributed by atoms with E-state index in [0.29, 0.717) is 11.1 Å². The summed E-state index contributed by atoms with van der Waals surface area (Å²) in [6.45, 7) is 3.84. The van der Waals surface area contributed by atoms with Crippen LogP contribution in [0.4, 0.5) is 0 Å². The van der Waals surface area contributed by atoms with E-state index in [1.807, 2.05) is 36.6 Å². The van der Waals surface area contributed by atoms with Crippen LogP contribution in [0, 0.1) is 13.8 Å². The van der Waals surface area contributed by atoms with Crippen LogP contribution < -0.4 is 5.43 Å². The molecule has 0 spiro atoms. The number of aromatic carboxylic acids is 1. The summed E-state index contributed by atoms with van der Waals surface area (Å²) in [4.78, 5) is 24.3. The maximum Gasteiger partial charge on any atom is 0.335 e. The number of hydrogen-bond donors (Lipinski definition) is 3. The molecule has 1 aromatic heterocycles. The summed E-state index contributed by atoms with van der Waals surface area (Å²) in [5.41, 5.74) is 5.03. The number of amides is 1. The molecule has 0 atom stereocenters. The number of carboxylic acid groups (broad SMARTS) is 1. The molecule has 0 saturated heterocycles. The Morgan fingerprint density at radius 1 is 0.886 bits per heavy atom. The van der Waals surface area contributed by atoms with E-state index in [1.165, 1.54) is 6.21 Å². The zero-order valence-corrected chi connectivity index (χ0v) is 19.3. The number of carbonyl (C=O) groups is 2. The number of aliphatic hydroxyl groups is 1. The lowest BCUT2D eigenvalue weighted by molar-refractivity contribution is -0.136. The van der Waals surface area contributed by atoms with Crippen LogP contribution in [-0.4, -0.2) is 32.9 Å². The maximum atomic E-state index is 13.2. The minimum Gasteiger partial charge on any atom is -0.478 e. The second-order valence-corrected chi connectivity index (χ2v) is 8.16. The van der Waals surface area contributed by atoms with E-state index < -0.39 is 17.5 Å². The maximum absolute atomic E-state index is 13.2. The highest BCUT2D eigenvalue weighted by Gasteiger charge is 2.39. The van der Waals surface area contributed by atoms with Gasteiger partial charge in [-0.15, -0.1) is 0 Å². The molecule has 176 valence electrons. The van der Waals surface area contributed by atoms with Gasteiger partial charge in [0, 0.05) is 22.6 Å². The molecule has 0 fully saturated rings. The number of rotatable bonds is 7. The summed E-state index contributed by atoms with van der Waals surface area (Å²) in [5.74, 6) is -1.66. The van der Waals surface area contributed by atoms with Gasteiger partial charge in [0.1, 0.15) is 0 Å². The van der Waals surface area contributed by atoms with Gasteiger partial charge < -0.3 is 14.8 Å². The molecule has 0 radical (unpaired) electrons. The van der Waals surface area contributed by atoms with Gasteiger partial charge in [-0.1, -0.05) is 60.7 Å². The van der Waals surface area contributed by atoms with Crippen molar-refractivity contribution in [3.8, 4) is 5.69 Å². The monoisotopic (exact) mass is 467 g/mol. The molecule has 3 aromatic carbocycles. The first-order chi connectivity index (χ1) is 16.8. The molecule has 7 heteroatoms. The number of nitrogens with zero attached hydrogens (tertiary/aromatic N) is 2. The first-order valence-corrected chi connectivity index (χ1v) is 11.0. The molecule has 0 aliphatic rings. The predicted molar refractivity (Wildman–Crippen MR) is 134 cm³/mol. The van der Waals surface area contributed by atoms with Gasteiger partial charge in [-0.2, -0.15) is 5.10 Å². The van der Waals surface area contributed by atoms with Crippen molar-refractivity contribution in [2.75, 3.05) is 0 Å². The zero-order valence-electron chi connectivity index (χ0n) is 19.3. The number of hydrogen-bond acceptors (Lipinski definition) is 4. The van der Waals surface area contributed by atoms with Crippen molar-refractivity contribution in [1.29, 1.82) is 0 Å². The van der Waals surface area contributed by atoms with Gasteiger partial charge >= 0.3 is 5.97 Å². The molecule has 4 aromatic rings. The Balaban J connectivity index is 1.59. The van der Waals surface area contributed by atoms with Gasteiger partial charge in [-0.3, -0.25) is 4.79 Å². The fourth-order valence-corrected chi connectivity index (χ4v) is 4.10. The van der Waals surface area contributed by atoms with E-state index in [9.17, 15) is 14.7 Å². The predicted octanol–water partition coefficient (Wildman–Crippen LogP) is 4.18. The number of hydrazone groups is 1. The van der Waals surface area contributed by atoms with Gasteiger partial charge in [-0.05, 0) is 55.3 Å². The second-order valence-electron chi connectivity index (χ2n) is 8.16. The van der Waals surface area contributed by atoms with Crippen molar-refractivity contribution in [3.63, 3.8) is 0 Å². The van der Waals surface area contributed by atoms with Crippen LogP contribution in [0.5, 0.6) is 0 Å². The lowest BCUT2D eigenvalue weighted by Gasteiger charge is -2.27. The SMILES string of the molecule is Cc1cc(/C=N\NC(=O)C(O)(c2ccccc2)c2ccccc2)c(C)n1-c1ccc(C(=O)O)cc1. The van der Waals surface area contributed by atoms with Gasteiger partial charge in [0.2, 0.25) is 0 Å². The molecular formula is C28H25N3O4. The average molecular weight is 468 g/mol. The first-order valence-electron chi connectivity index (χ1n) is 11.0. The van der Waals surface area contributed by atoms with E-state index in [2.05, 4.69) is 10.5 Å². The summed E-state index contributed by atoms with van der Waals surface area (Å²) < 4.78 is 1.97. The van der Waals surface area contributed by atoms with Gasteiger partial charge in [0.15, 0.2) is 5.60 Å². The van der Waals surface area contributed by atoms with E-state index >= 15 is 0 Å². The zero-order chi connectivity index (χ0) is 25.0. The van der Waals surface area contributed by atoms with Crippen molar-refractivity contribution < 1.29 is 19.8 Å². The molecule has 7 nitrogen and oxygen atoms in total. The summed E-state index contributed by atoms with van der Waals surface area (Å²) in [5, 5.41) is 24.8. The summed E-state index contributed by atoms with van der Waals surface area (Å²) in [6, 6.07) is 26.0. The first kappa shape index (κ1) is 23.7. The molecule has 35 heavy (non-hydrogen) atoms. The summed E-state index contributed by atoms with van der Waals surface area (Å²) >= 11 is 0. The smallest absolute Gasteiger partial charge is 0.335 e. The molecule has 1 heterocycles. The van der Waals surface area contributed by atoms with E-state index in [1.54, 1.807) is 72.8 Å². The molecule has 0 aliphatic heterocycles. The lowest BCUT2D eigenvalue weighted by atomic mass is 9.85. The van der Waals surface area contributed by atoms with E-state index in [0.717, 1.165) is 22.6 Å². The quantitative estimate of drug-likeness (QED) is 0.280. The Hall–Kier alpha value is -4.49. The Labute approximate surface area is 203 Å². The van der Waals surface area contributed by atoms with Crippen molar-refractivity contribution >= 4 is 18.1 Å². The number of nitrogens with one attached hydrogen (secondary N) is 1. The fourth-order valence-electron chi connectivity index (χ4n) is 4.10. The normalized spacial score (nSPS) is 11.5. The second kappa shape index (κ2) is 9.79. The fraction of sp³-hybridized carbons (Fsp3) is 0.107. The number of carbonyl (C=O) groups excluding carboxylic acids is 1. The van der Waals surface area contributed by atoms with Crippen LogP contribution in [0.2, 0.25) is 0 Å². The molecule has 3 N–H and O–H groups in total. The minimum atomic E-state index is -1.91. The van der Waals surface area contributed by atoms with Crippen LogP contribution in [-0.2, 0) is 10.4 Å². The Kier molecular flexibility index (Phi) is 6.62. The molecular weight excluding hydrogens is 442 g/mol. The largest absolute Gasteiger partial charge is 0.478 e. The highest BCUT2D eigenvalue weighted by molar-refractivity contribution is 5.91. The summed E-state index contributed by atoms with van der Waals surface area (Å²) in [6.07, 6.45) is 1.53. The molecule has 4 rings (SSSR count). The molecule has 0 saturated carbocycles. The Morgan fingerprint density at radius 2 is 1.43 bits per heavy atom. The third-order valence-electron chi connectivity index (χ3n) is 5.92. The van der Waals surface area contributed by atoms with Crippen LogP contribution in [0.3, 0.4) is 0 Å². The molecule has 1 amide bonds. The highest BCUT2D eigenvalue weighted by atomic mass is 16.4. The van der Waals surface area contributed by atoms with E-state index in [4.69, 9.17) is 5.11 Å². The lowest BCUT2D eigenvalue weighted by Crippen LogP contribution is -2.43.